The van der Waals surface area contributed by atoms with Crippen LogP contribution in [0.3, 0.4) is 0 Å². The highest BCUT2D eigenvalue weighted by molar-refractivity contribution is 7.10. The van der Waals surface area contributed by atoms with Crippen LogP contribution >= 0.6 is 11.3 Å². The molecule has 0 aliphatic rings. The summed E-state index contributed by atoms with van der Waals surface area (Å²) in [7, 11) is 0. The molecule has 0 N–H and O–H groups in total. The van der Waals surface area contributed by atoms with E-state index in [1.165, 1.54) is 17.4 Å². The predicted octanol–water partition coefficient (Wildman–Crippen LogP) is 4.06. The average molecular weight is 260 g/mol. The fourth-order valence-electron chi connectivity index (χ4n) is 1.55. The van der Waals surface area contributed by atoms with Crippen molar-refractivity contribution in [3.8, 4) is 17.3 Å². The summed E-state index contributed by atoms with van der Waals surface area (Å²) in [6.45, 7) is 5.41. The summed E-state index contributed by atoms with van der Waals surface area (Å²) < 4.78 is 13.2. The first kappa shape index (κ1) is 12.7. The minimum atomic E-state index is -0.585. The topological polar surface area (TPSA) is 36.7 Å². The molecular weight excluding hydrogens is 247 g/mol. The second kappa shape index (κ2) is 4.51. The smallest absolute Gasteiger partial charge is 0.126 e. The molecular formula is C14H13FN2S. The molecule has 1 heterocycles. The van der Waals surface area contributed by atoms with E-state index < -0.39 is 5.41 Å². The van der Waals surface area contributed by atoms with E-state index in [2.05, 4.69) is 11.1 Å². The molecule has 0 spiro atoms. The van der Waals surface area contributed by atoms with Gasteiger partial charge in [-0.05, 0) is 44.5 Å². The minimum Gasteiger partial charge on any atom is -0.240 e. The number of halogens is 1. The molecule has 18 heavy (non-hydrogen) atoms. The van der Waals surface area contributed by atoms with Crippen molar-refractivity contribution in [1.82, 2.24) is 4.98 Å². The molecule has 1 aromatic heterocycles. The summed E-state index contributed by atoms with van der Waals surface area (Å²) in [5, 5.41) is 11.8. The molecule has 1 aromatic carbocycles. The Morgan fingerprint density at radius 1 is 1.39 bits per heavy atom. The lowest BCUT2D eigenvalue weighted by atomic mass is 9.97. The highest BCUT2D eigenvalue weighted by Crippen LogP contribution is 2.30. The molecule has 0 amide bonds. The lowest BCUT2D eigenvalue weighted by Crippen LogP contribution is -2.13. The maximum absolute atomic E-state index is 13.2. The first-order valence-corrected chi connectivity index (χ1v) is 6.46. The fraction of sp³-hybridized carbons (Fsp3) is 0.286. The largest absolute Gasteiger partial charge is 0.240 e. The van der Waals surface area contributed by atoms with Gasteiger partial charge in [-0.3, -0.25) is 0 Å². The Morgan fingerprint density at radius 2 is 2.11 bits per heavy atom. The van der Waals surface area contributed by atoms with Crippen LogP contribution < -0.4 is 0 Å². The van der Waals surface area contributed by atoms with Gasteiger partial charge in [-0.2, -0.15) is 5.26 Å². The molecule has 0 radical (unpaired) electrons. The van der Waals surface area contributed by atoms with E-state index in [-0.39, 0.29) is 5.82 Å². The van der Waals surface area contributed by atoms with E-state index in [0.29, 0.717) is 5.56 Å². The van der Waals surface area contributed by atoms with E-state index in [1.54, 1.807) is 19.1 Å². The van der Waals surface area contributed by atoms with Crippen molar-refractivity contribution in [2.45, 2.75) is 26.2 Å². The molecule has 0 saturated heterocycles. The number of rotatable bonds is 2. The molecule has 0 saturated carbocycles. The molecule has 4 heteroatoms. The van der Waals surface area contributed by atoms with Crippen molar-refractivity contribution >= 4 is 11.3 Å². The Kier molecular flexibility index (Phi) is 3.18. The second-order valence-corrected chi connectivity index (χ2v) is 5.60. The summed E-state index contributed by atoms with van der Waals surface area (Å²) in [6.07, 6.45) is 0. The first-order valence-electron chi connectivity index (χ1n) is 5.58. The summed E-state index contributed by atoms with van der Waals surface area (Å²) in [6, 6.07) is 7.15. The average Bonchev–Trinajstić information content (AvgIpc) is 2.83. The molecule has 2 rings (SSSR count). The number of aryl methyl sites for hydroxylation is 1. The third-order valence-electron chi connectivity index (χ3n) is 2.77. The van der Waals surface area contributed by atoms with Gasteiger partial charge in [-0.15, -0.1) is 11.3 Å². The molecule has 0 bridgehead atoms. The molecule has 0 fully saturated rings. The first-order chi connectivity index (χ1) is 8.44. The number of benzene rings is 1. The number of hydrogen-bond acceptors (Lipinski definition) is 3. The zero-order valence-electron chi connectivity index (χ0n) is 10.5. The van der Waals surface area contributed by atoms with Crippen LogP contribution in [0.4, 0.5) is 4.39 Å². The van der Waals surface area contributed by atoms with Crippen molar-refractivity contribution in [3.05, 3.63) is 40.0 Å². The van der Waals surface area contributed by atoms with Gasteiger partial charge in [0.15, 0.2) is 0 Å². The third kappa shape index (κ3) is 2.27. The number of nitriles is 1. The monoisotopic (exact) mass is 260 g/mol. The zero-order valence-corrected chi connectivity index (χ0v) is 11.3. The lowest BCUT2D eigenvalue weighted by Gasteiger charge is -2.10. The van der Waals surface area contributed by atoms with E-state index in [1.807, 2.05) is 19.2 Å². The Labute approximate surface area is 110 Å². The highest BCUT2D eigenvalue weighted by atomic mass is 32.1. The van der Waals surface area contributed by atoms with Crippen molar-refractivity contribution in [2.75, 3.05) is 0 Å². The van der Waals surface area contributed by atoms with Crippen molar-refractivity contribution < 1.29 is 4.39 Å². The molecule has 2 aromatic rings. The Morgan fingerprint density at radius 3 is 2.72 bits per heavy atom. The molecule has 92 valence electrons. The van der Waals surface area contributed by atoms with Crippen LogP contribution in [0, 0.1) is 24.1 Å². The minimum absolute atomic E-state index is 0.216. The van der Waals surface area contributed by atoms with Gasteiger partial charge >= 0.3 is 0 Å². The quantitative estimate of drug-likeness (QED) is 0.816. The van der Waals surface area contributed by atoms with E-state index in [0.717, 1.165) is 16.3 Å². The van der Waals surface area contributed by atoms with Gasteiger partial charge in [-0.1, -0.05) is 0 Å². The molecule has 2 nitrogen and oxygen atoms in total. The van der Waals surface area contributed by atoms with Crippen LogP contribution in [0.15, 0.2) is 23.6 Å². The summed E-state index contributed by atoms with van der Waals surface area (Å²) in [5.41, 5.74) is 1.69. The van der Waals surface area contributed by atoms with Crippen LogP contribution in [-0.4, -0.2) is 4.98 Å². The Hall–Kier alpha value is -1.73. The van der Waals surface area contributed by atoms with Crippen LogP contribution in [0.1, 0.15) is 24.4 Å². The van der Waals surface area contributed by atoms with Gasteiger partial charge < -0.3 is 0 Å². The third-order valence-corrected chi connectivity index (χ3v) is 3.94. The van der Waals surface area contributed by atoms with Crippen LogP contribution in [0.2, 0.25) is 0 Å². The van der Waals surface area contributed by atoms with E-state index in [9.17, 15) is 4.39 Å². The van der Waals surface area contributed by atoms with Gasteiger partial charge in [-0.25, -0.2) is 9.37 Å². The van der Waals surface area contributed by atoms with E-state index >= 15 is 0 Å². The van der Waals surface area contributed by atoms with Crippen LogP contribution in [-0.2, 0) is 5.41 Å². The summed E-state index contributed by atoms with van der Waals surface area (Å²) in [5.74, 6) is -0.216. The van der Waals surface area contributed by atoms with Gasteiger partial charge in [0.05, 0.1) is 11.8 Å². The maximum Gasteiger partial charge on any atom is 0.126 e. The Balaban J connectivity index is 2.42. The predicted molar refractivity (Wildman–Crippen MR) is 70.9 cm³/mol. The number of hydrogen-bond donors (Lipinski definition) is 0. The molecule has 0 unspecified atom stereocenters. The van der Waals surface area contributed by atoms with E-state index in [4.69, 9.17) is 5.26 Å². The molecule has 0 aliphatic heterocycles. The van der Waals surface area contributed by atoms with Crippen molar-refractivity contribution in [3.63, 3.8) is 0 Å². The normalized spacial score (nSPS) is 11.3. The van der Waals surface area contributed by atoms with Crippen molar-refractivity contribution in [1.29, 1.82) is 5.26 Å². The van der Waals surface area contributed by atoms with Gasteiger partial charge in [0.1, 0.15) is 16.2 Å². The number of thiazole rings is 1. The zero-order chi connectivity index (χ0) is 13.3. The molecule has 0 aliphatic carbocycles. The lowest BCUT2D eigenvalue weighted by molar-refractivity contribution is 0.618. The SMILES string of the molecule is Cc1cc(-c2csc(C(C)(C)C#N)n2)ccc1F. The van der Waals surface area contributed by atoms with Crippen LogP contribution in [0.25, 0.3) is 11.3 Å². The number of aromatic nitrogens is 1. The van der Waals surface area contributed by atoms with Gasteiger partial charge in [0.2, 0.25) is 0 Å². The Bertz CT molecular complexity index is 623. The summed E-state index contributed by atoms with van der Waals surface area (Å²) >= 11 is 1.46. The van der Waals surface area contributed by atoms with Gasteiger partial charge in [0, 0.05) is 10.9 Å². The molecule has 0 atom stereocenters. The highest BCUT2D eigenvalue weighted by Gasteiger charge is 2.24. The fourth-order valence-corrected chi connectivity index (χ4v) is 2.45. The number of nitrogens with zero attached hydrogens (tertiary/aromatic N) is 2. The second-order valence-electron chi connectivity index (χ2n) is 4.74. The maximum atomic E-state index is 13.2. The summed E-state index contributed by atoms with van der Waals surface area (Å²) in [4.78, 5) is 4.47. The van der Waals surface area contributed by atoms with Crippen LogP contribution in [0.5, 0.6) is 0 Å². The standard InChI is InChI=1S/C14H13FN2S/c1-9-6-10(4-5-11(9)15)12-7-18-13(17-12)14(2,3)8-16/h4-7H,1-3H3. The van der Waals surface area contributed by atoms with Gasteiger partial charge in [0.25, 0.3) is 0 Å². The van der Waals surface area contributed by atoms with Crippen molar-refractivity contribution in [2.24, 2.45) is 0 Å².